The summed E-state index contributed by atoms with van der Waals surface area (Å²) in [5.41, 5.74) is 2.25. The van der Waals surface area contributed by atoms with E-state index >= 15 is 0 Å². The minimum Gasteiger partial charge on any atom is -0.332 e. The molecule has 1 aliphatic rings. The summed E-state index contributed by atoms with van der Waals surface area (Å²) in [6, 6.07) is 6.17. The van der Waals surface area contributed by atoms with Gasteiger partial charge in [0.1, 0.15) is 0 Å². The second-order valence-corrected chi connectivity index (χ2v) is 3.65. The highest BCUT2D eigenvalue weighted by atomic mass is 15.1. The summed E-state index contributed by atoms with van der Waals surface area (Å²) in [7, 11) is 0. The number of aromatic nitrogens is 3. The fraction of sp³-hybridized carbons (Fsp3) is 0.273. The van der Waals surface area contributed by atoms with Gasteiger partial charge in [-0.05, 0) is 12.1 Å². The summed E-state index contributed by atoms with van der Waals surface area (Å²) in [6.07, 6.45) is 5.62. The molecule has 2 aromatic heterocycles. The molecule has 4 nitrogen and oxygen atoms in total. The van der Waals surface area contributed by atoms with Crippen molar-refractivity contribution in [1.29, 1.82) is 0 Å². The highest BCUT2D eigenvalue weighted by Gasteiger charge is 2.21. The molecule has 2 aromatic rings. The standard InChI is InChI=1S/C11H12N4/c1-2-4-13-9(3-1)11-10-7-12-8-15(10)6-5-14-11/h1-4,7-8,11,14H,5-6H2. The summed E-state index contributed by atoms with van der Waals surface area (Å²) < 4.78 is 2.18. The zero-order valence-corrected chi connectivity index (χ0v) is 8.30. The molecule has 0 fully saturated rings. The first kappa shape index (κ1) is 8.61. The maximum Gasteiger partial charge on any atom is 0.0949 e. The van der Waals surface area contributed by atoms with Gasteiger partial charge < -0.3 is 9.88 Å². The summed E-state index contributed by atoms with van der Waals surface area (Å²) in [6.45, 7) is 1.95. The first-order chi connectivity index (χ1) is 7.45. The molecule has 0 aromatic carbocycles. The highest BCUT2D eigenvalue weighted by Crippen LogP contribution is 2.22. The van der Waals surface area contributed by atoms with Gasteiger partial charge in [-0.3, -0.25) is 4.98 Å². The molecule has 0 saturated carbocycles. The Morgan fingerprint density at radius 1 is 1.40 bits per heavy atom. The molecule has 0 amide bonds. The van der Waals surface area contributed by atoms with Gasteiger partial charge in [0, 0.05) is 19.3 Å². The number of pyridine rings is 1. The zero-order valence-electron chi connectivity index (χ0n) is 8.30. The van der Waals surface area contributed by atoms with E-state index in [1.54, 1.807) is 0 Å². The molecule has 3 rings (SSSR count). The van der Waals surface area contributed by atoms with E-state index in [0.29, 0.717) is 0 Å². The number of imidazole rings is 1. The smallest absolute Gasteiger partial charge is 0.0949 e. The van der Waals surface area contributed by atoms with Gasteiger partial charge in [0.25, 0.3) is 0 Å². The summed E-state index contributed by atoms with van der Waals surface area (Å²) in [5.74, 6) is 0. The van der Waals surface area contributed by atoms with E-state index in [4.69, 9.17) is 0 Å². The van der Waals surface area contributed by atoms with Crippen molar-refractivity contribution in [3.8, 4) is 0 Å². The van der Waals surface area contributed by atoms with Crippen LogP contribution in [-0.2, 0) is 6.54 Å². The van der Waals surface area contributed by atoms with E-state index in [1.165, 1.54) is 5.69 Å². The Morgan fingerprint density at radius 3 is 3.27 bits per heavy atom. The van der Waals surface area contributed by atoms with Gasteiger partial charge in [0.15, 0.2) is 0 Å². The second-order valence-electron chi connectivity index (χ2n) is 3.65. The fourth-order valence-corrected chi connectivity index (χ4v) is 1.99. The molecular formula is C11H12N4. The van der Waals surface area contributed by atoms with Crippen LogP contribution in [0.5, 0.6) is 0 Å². The monoisotopic (exact) mass is 200 g/mol. The van der Waals surface area contributed by atoms with Crippen molar-refractivity contribution in [2.75, 3.05) is 6.54 Å². The van der Waals surface area contributed by atoms with Gasteiger partial charge in [-0.25, -0.2) is 4.98 Å². The second kappa shape index (κ2) is 3.47. The fourth-order valence-electron chi connectivity index (χ4n) is 1.99. The van der Waals surface area contributed by atoms with E-state index in [-0.39, 0.29) is 6.04 Å². The number of hydrogen-bond acceptors (Lipinski definition) is 3. The zero-order chi connectivity index (χ0) is 10.1. The molecule has 76 valence electrons. The number of fused-ring (bicyclic) bond motifs is 1. The average molecular weight is 200 g/mol. The third-order valence-electron chi connectivity index (χ3n) is 2.72. The van der Waals surface area contributed by atoms with Crippen molar-refractivity contribution in [1.82, 2.24) is 19.9 Å². The first-order valence-corrected chi connectivity index (χ1v) is 5.09. The lowest BCUT2D eigenvalue weighted by atomic mass is 10.1. The molecule has 1 aliphatic heterocycles. The van der Waals surface area contributed by atoms with E-state index in [1.807, 2.05) is 36.9 Å². The van der Waals surface area contributed by atoms with Crippen LogP contribution < -0.4 is 5.32 Å². The van der Waals surface area contributed by atoms with Crippen LogP contribution in [0.3, 0.4) is 0 Å². The molecule has 0 radical (unpaired) electrons. The number of hydrogen-bond donors (Lipinski definition) is 1. The Kier molecular flexibility index (Phi) is 1.99. The predicted octanol–water partition coefficient (Wildman–Crippen LogP) is 0.971. The van der Waals surface area contributed by atoms with Crippen molar-refractivity contribution in [2.24, 2.45) is 0 Å². The Labute approximate surface area is 88.0 Å². The van der Waals surface area contributed by atoms with Crippen LogP contribution in [0.25, 0.3) is 0 Å². The number of nitrogens with zero attached hydrogens (tertiary/aromatic N) is 3. The van der Waals surface area contributed by atoms with Crippen LogP contribution in [0.15, 0.2) is 36.9 Å². The average Bonchev–Trinajstić information content (AvgIpc) is 2.78. The molecule has 0 spiro atoms. The normalized spacial score (nSPS) is 19.9. The van der Waals surface area contributed by atoms with Gasteiger partial charge in [-0.2, -0.15) is 0 Å². The molecule has 4 heteroatoms. The summed E-state index contributed by atoms with van der Waals surface area (Å²) in [5, 5.41) is 3.45. The number of rotatable bonds is 1. The predicted molar refractivity (Wildman–Crippen MR) is 56.3 cm³/mol. The van der Waals surface area contributed by atoms with Crippen molar-refractivity contribution < 1.29 is 0 Å². The Balaban J connectivity index is 2.03. The van der Waals surface area contributed by atoms with E-state index < -0.39 is 0 Å². The number of nitrogens with one attached hydrogen (secondary N) is 1. The molecule has 1 N–H and O–H groups in total. The molecule has 0 bridgehead atoms. The molecule has 15 heavy (non-hydrogen) atoms. The lowest BCUT2D eigenvalue weighted by Gasteiger charge is -2.24. The van der Waals surface area contributed by atoms with E-state index in [9.17, 15) is 0 Å². The van der Waals surface area contributed by atoms with Crippen LogP contribution in [-0.4, -0.2) is 21.1 Å². The van der Waals surface area contributed by atoms with Crippen molar-refractivity contribution in [3.63, 3.8) is 0 Å². The van der Waals surface area contributed by atoms with Crippen molar-refractivity contribution in [2.45, 2.75) is 12.6 Å². The van der Waals surface area contributed by atoms with Crippen molar-refractivity contribution in [3.05, 3.63) is 48.3 Å². The minimum absolute atomic E-state index is 0.183. The lowest BCUT2D eigenvalue weighted by Crippen LogP contribution is -2.33. The molecule has 1 atom stereocenters. The Morgan fingerprint density at radius 2 is 2.40 bits per heavy atom. The van der Waals surface area contributed by atoms with Gasteiger partial charge in [-0.1, -0.05) is 6.07 Å². The largest absolute Gasteiger partial charge is 0.332 e. The minimum atomic E-state index is 0.183. The van der Waals surface area contributed by atoms with Crippen LogP contribution in [0.1, 0.15) is 17.4 Å². The molecule has 0 saturated heterocycles. The van der Waals surface area contributed by atoms with Crippen molar-refractivity contribution >= 4 is 0 Å². The van der Waals surface area contributed by atoms with Crippen LogP contribution >= 0.6 is 0 Å². The highest BCUT2D eigenvalue weighted by molar-refractivity contribution is 5.22. The summed E-state index contributed by atoms with van der Waals surface area (Å²) in [4.78, 5) is 8.55. The molecule has 3 heterocycles. The molecular weight excluding hydrogens is 188 g/mol. The van der Waals surface area contributed by atoms with Gasteiger partial charge in [-0.15, -0.1) is 0 Å². The lowest BCUT2D eigenvalue weighted by molar-refractivity contribution is 0.460. The van der Waals surface area contributed by atoms with E-state index in [0.717, 1.165) is 18.8 Å². The van der Waals surface area contributed by atoms with Crippen LogP contribution in [0.4, 0.5) is 0 Å². The maximum atomic E-state index is 4.38. The quantitative estimate of drug-likeness (QED) is 0.746. The third-order valence-corrected chi connectivity index (χ3v) is 2.72. The Bertz CT molecular complexity index is 449. The van der Waals surface area contributed by atoms with E-state index in [2.05, 4.69) is 19.9 Å². The molecule has 0 aliphatic carbocycles. The van der Waals surface area contributed by atoms with Gasteiger partial charge in [0.05, 0.1) is 30.0 Å². The molecule has 1 unspecified atom stereocenters. The topological polar surface area (TPSA) is 42.7 Å². The summed E-state index contributed by atoms with van der Waals surface area (Å²) >= 11 is 0. The SMILES string of the molecule is c1ccc(C2NCCn3cncc32)nc1. The third kappa shape index (κ3) is 1.43. The van der Waals surface area contributed by atoms with Crippen LogP contribution in [0, 0.1) is 0 Å². The maximum absolute atomic E-state index is 4.38. The van der Waals surface area contributed by atoms with Gasteiger partial charge in [0.2, 0.25) is 0 Å². The van der Waals surface area contributed by atoms with Gasteiger partial charge >= 0.3 is 0 Å². The Hall–Kier alpha value is -1.68. The first-order valence-electron chi connectivity index (χ1n) is 5.09. The van der Waals surface area contributed by atoms with Crippen LogP contribution in [0.2, 0.25) is 0 Å².